The molecular weight excluding hydrogens is 352 g/mol. The zero-order chi connectivity index (χ0) is 18.8. The van der Waals surface area contributed by atoms with Gasteiger partial charge in [0, 0.05) is 12.1 Å². The molecule has 0 aromatic heterocycles. The van der Waals surface area contributed by atoms with E-state index in [0.29, 0.717) is 11.4 Å². The van der Waals surface area contributed by atoms with Gasteiger partial charge in [-0.15, -0.1) is 0 Å². The average Bonchev–Trinajstić information content (AvgIpc) is 2.61. The van der Waals surface area contributed by atoms with E-state index in [0.717, 1.165) is 0 Å². The van der Waals surface area contributed by atoms with Crippen LogP contribution in [0.2, 0.25) is 0 Å². The number of hydrogen-bond donors (Lipinski definition) is 2. The molecule has 4 nitrogen and oxygen atoms in total. The van der Waals surface area contributed by atoms with Crippen LogP contribution in [-0.4, -0.2) is 0 Å². The molecule has 0 heterocycles. The van der Waals surface area contributed by atoms with Crippen LogP contribution in [0.5, 0.6) is 23.0 Å². The van der Waals surface area contributed by atoms with Crippen LogP contribution in [0.3, 0.4) is 0 Å². The third-order valence-electron chi connectivity index (χ3n) is 3.42. The molecule has 0 atom stereocenters. The van der Waals surface area contributed by atoms with Crippen LogP contribution >= 0.6 is 0 Å². The number of quaternary nitrogens is 2. The molecule has 0 aliphatic rings. The lowest BCUT2D eigenvalue weighted by molar-refractivity contribution is -0.255. The zero-order valence-electron chi connectivity index (χ0n) is 13.4. The summed E-state index contributed by atoms with van der Waals surface area (Å²) >= 11 is 0. The second-order valence-electron chi connectivity index (χ2n) is 5.41. The Labute approximate surface area is 145 Å². The summed E-state index contributed by atoms with van der Waals surface area (Å²) in [6, 6.07) is 11.7. The van der Waals surface area contributed by atoms with Crippen LogP contribution in [0, 0.1) is 23.3 Å². The summed E-state index contributed by atoms with van der Waals surface area (Å²) in [6.07, 6.45) is 0. The molecule has 0 aliphatic heterocycles. The normalized spacial score (nSPS) is 10.7. The lowest BCUT2D eigenvalue weighted by Gasteiger charge is -2.13. The first-order chi connectivity index (χ1) is 12.4. The van der Waals surface area contributed by atoms with E-state index in [1.165, 1.54) is 36.4 Å². The van der Waals surface area contributed by atoms with Crippen LogP contribution in [0.4, 0.5) is 28.9 Å². The van der Waals surface area contributed by atoms with Gasteiger partial charge in [-0.2, -0.15) is 17.6 Å². The highest BCUT2D eigenvalue weighted by Crippen LogP contribution is 2.39. The molecular formula is C18H14F4N2O2+2. The molecule has 3 aromatic rings. The average molecular weight is 366 g/mol. The minimum atomic E-state index is -1.71. The van der Waals surface area contributed by atoms with Gasteiger partial charge in [0.05, 0.1) is 0 Å². The minimum absolute atomic E-state index is 0.0208. The molecule has 0 saturated heterocycles. The first kappa shape index (κ1) is 17.7. The van der Waals surface area contributed by atoms with Crippen molar-refractivity contribution in [2.75, 3.05) is 0 Å². The minimum Gasteiger partial charge on any atom is -0.451 e. The van der Waals surface area contributed by atoms with E-state index in [-0.39, 0.29) is 11.5 Å². The fourth-order valence-corrected chi connectivity index (χ4v) is 2.22. The molecule has 26 heavy (non-hydrogen) atoms. The van der Waals surface area contributed by atoms with Crippen molar-refractivity contribution < 1.29 is 38.5 Å². The van der Waals surface area contributed by atoms with E-state index in [9.17, 15) is 17.6 Å². The van der Waals surface area contributed by atoms with Gasteiger partial charge in [0.25, 0.3) is 0 Å². The summed E-state index contributed by atoms with van der Waals surface area (Å²) in [5.74, 6) is -9.29. The number of benzene rings is 3. The topological polar surface area (TPSA) is 73.7 Å². The SMILES string of the molecule is [NH3+]c1cccc(Oc2c(F)c(F)c(Oc3cccc([NH3+])c3)c(F)c2F)c1. The van der Waals surface area contributed by atoms with Crippen LogP contribution < -0.4 is 20.9 Å². The molecule has 0 bridgehead atoms. The summed E-state index contributed by atoms with van der Waals surface area (Å²) in [5, 5.41) is 0. The highest BCUT2D eigenvalue weighted by molar-refractivity contribution is 5.45. The molecule has 0 fully saturated rings. The van der Waals surface area contributed by atoms with Gasteiger partial charge >= 0.3 is 0 Å². The number of halogens is 4. The van der Waals surface area contributed by atoms with Crippen molar-refractivity contribution >= 4 is 11.4 Å². The van der Waals surface area contributed by atoms with Gasteiger partial charge in [-0.05, 0) is 24.3 Å². The van der Waals surface area contributed by atoms with E-state index >= 15 is 0 Å². The van der Waals surface area contributed by atoms with Crippen molar-refractivity contribution in [3.63, 3.8) is 0 Å². The Kier molecular flexibility index (Phi) is 4.79. The third-order valence-corrected chi connectivity index (χ3v) is 3.42. The first-order valence-electron chi connectivity index (χ1n) is 7.42. The van der Waals surface area contributed by atoms with Crippen molar-refractivity contribution in [3.8, 4) is 23.0 Å². The predicted octanol–water partition coefficient (Wildman–Crippen LogP) is 3.57. The molecule has 0 spiro atoms. The fourth-order valence-electron chi connectivity index (χ4n) is 2.22. The van der Waals surface area contributed by atoms with Crippen LogP contribution in [0.25, 0.3) is 0 Å². The van der Waals surface area contributed by atoms with E-state index in [1.54, 1.807) is 12.1 Å². The van der Waals surface area contributed by atoms with Crippen LogP contribution in [0.15, 0.2) is 48.5 Å². The van der Waals surface area contributed by atoms with Crippen molar-refractivity contribution in [1.29, 1.82) is 0 Å². The maximum Gasteiger partial charge on any atom is 0.208 e. The van der Waals surface area contributed by atoms with Gasteiger partial charge < -0.3 is 20.9 Å². The first-order valence-corrected chi connectivity index (χ1v) is 7.42. The Hall–Kier alpha value is -3.10. The third kappa shape index (κ3) is 3.46. The number of hydrogen-bond acceptors (Lipinski definition) is 2. The Bertz CT molecular complexity index is 872. The van der Waals surface area contributed by atoms with E-state index < -0.39 is 34.8 Å². The maximum atomic E-state index is 14.3. The monoisotopic (exact) mass is 366 g/mol. The molecule has 3 rings (SSSR count). The van der Waals surface area contributed by atoms with Crippen molar-refractivity contribution in [2.24, 2.45) is 0 Å². The molecule has 0 radical (unpaired) electrons. The Morgan fingerprint density at radius 3 is 1.23 bits per heavy atom. The smallest absolute Gasteiger partial charge is 0.208 e. The fraction of sp³-hybridized carbons (Fsp3) is 0. The quantitative estimate of drug-likeness (QED) is 0.547. The van der Waals surface area contributed by atoms with Crippen molar-refractivity contribution in [3.05, 3.63) is 71.8 Å². The maximum absolute atomic E-state index is 14.3. The van der Waals surface area contributed by atoms with Gasteiger partial charge in [0.2, 0.25) is 34.8 Å². The summed E-state index contributed by atoms with van der Waals surface area (Å²) in [7, 11) is 0. The standard InChI is InChI=1S/C18H12F4N2O2/c19-13-15(21)18(26-12-6-2-4-10(24)8-12)16(22)14(20)17(13)25-11-5-1-3-9(23)7-11/h1-8H,23-24H2/p+2. The van der Waals surface area contributed by atoms with Gasteiger partial charge in [0.1, 0.15) is 22.9 Å². The molecule has 0 amide bonds. The predicted molar refractivity (Wildman–Crippen MR) is 84.4 cm³/mol. The van der Waals surface area contributed by atoms with E-state index in [1.807, 2.05) is 0 Å². The Morgan fingerprint density at radius 1 is 0.577 bits per heavy atom. The van der Waals surface area contributed by atoms with Crippen LogP contribution in [-0.2, 0) is 0 Å². The van der Waals surface area contributed by atoms with Gasteiger partial charge in [-0.3, -0.25) is 0 Å². The molecule has 0 aliphatic carbocycles. The van der Waals surface area contributed by atoms with Gasteiger partial charge in [-0.1, -0.05) is 12.1 Å². The van der Waals surface area contributed by atoms with Gasteiger partial charge in [-0.25, -0.2) is 0 Å². The Balaban J connectivity index is 2.02. The lowest BCUT2D eigenvalue weighted by atomic mass is 10.2. The summed E-state index contributed by atoms with van der Waals surface area (Å²) in [5.41, 5.74) is 8.26. The zero-order valence-corrected chi connectivity index (χ0v) is 13.4. The summed E-state index contributed by atoms with van der Waals surface area (Å²) in [6.45, 7) is 0. The second kappa shape index (κ2) is 7.03. The van der Waals surface area contributed by atoms with Crippen molar-refractivity contribution in [2.45, 2.75) is 0 Å². The Morgan fingerprint density at radius 2 is 0.923 bits per heavy atom. The highest BCUT2D eigenvalue weighted by atomic mass is 19.2. The molecule has 3 aromatic carbocycles. The molecule has 0 unspecified atom stereocenters. The molecule has 8 heteroatoms. The lowest BCUT2D eigenvalue weighted by Crippen LogP contribution is -2.39. The van der Waals surface area contributed by atoms with Crippen LogP contribution in [0.1, 0.15) is 0 Å². The van der Waals surface area contributed by atoms with E-state index in [2.05, 4.69) is 11.5 Å². The van der Waals surface area contributed by atoms with E-state index in [4.69, 9.17) is 9.47 Å². The summed E-state index contributed by atoms with van der Waals surface area (Å²) < 4.78 is 67.0. The molecule has 134 valence electrons. The highest BCUT2D eigenvalue weighted by Gasteiger charge is 2.29. The van der Waals surface area contributed by atoms with Crippen molar-refractivity contribution in [1.82, 2.24) is 0 Å². The molecule has 0 saturated carbocycles. The largest absolute Gasteiger partial charge is 0.451 e. The number of rotatable bonds is 4. The number of ether oxygens (including phenoxy) is 2. The summed E-state index contributed by atoms with van der Waals surface area (Å²) in [4.78, 5) is 0. The second-order valence-corrected chi connectivity index (χ2v) is 5.41. The van der Waals surface area contributed by atoms with Gasteiger partial charge in [0.15, 0.2) is 0 Å². The molecule has 6 N–H and O–H groups in total.